The molecule has 0 spiro atoms. The highest BCUT2D eigenvalue weighted by Gasteiger charge is 2.57. The van der Waals surface area contributed by atoms with Gasteiger partial charge in [-0.05, 0) is 11.6 Å². The summed E-state index contributed by atoms with van der Waals surface area (Å²) in [6.07, 6.45) is -1.65. The van der Waals surface area contributed by atoms with E-state index in [0.29, 0.717) is 13.0 Å². The van der Waals surface area contributed by atoms with E-state index in [1.54, 1.807) is 23.2 Å². The number of rotatable bonds is 6. The van der Waals surface area contributed by atoms with Crippen LogP contribution in [0.1, 0.15) is 22.4 Å². The van der Waals surface area contributed by atoms with Crippen LogP contribution in [0, 0.1) is 10.1 Å². The van der Waals surface area contributed by atoms with Crippen molar-refractivity contribution in [2.45, 2.75) is 31.3 Å². The number of aliphatic hydroxyl groups is 1. The molecule has 1 aliphatic heterocycles. The maximum absolute atomic E-state index is 14.5. The van der Waals surface area contributed by atoms with Gasteiger partial charge >= 0.3 is 6.18 Å². The van der Waals surface area contributed by atoms with Gasteiger partial charge in [0, 0.05) is 73.1 Å². The molecular weight excluding hydrogens is 463 g/mol. The first kappa shape index (κ1) is 23.1. The molecule has 0 fully saturated rings. The van der Waals surface area contributed by atoms with Gasteiger partial charge in [0.25, 0.3) is 5.69 Å². The number of aromatic amines is 1. The first-order valence-electron chi connectivity index (χ1n) is 11.0. The lowest BCUT2D eigenvalue weighted by atomic mass is 9.91. The van der Waals surface area contributed by atoms with Crippen LogP contribution >= 0.6 is 0 Å². The zero-order valence-corrected chi connectivity index (χ0v) is 18.5. The predicted octanol–water partition coefficient (Wildman–Crippen LogP) is 4.13. The first-order chi connectivity index (χ1) is 16.7. The van der Waals surface area contributed by atoms with Gasteiger partial charge in [-0.2, -0.15) is 18.3 Å². The van der Waals surface area contributed by atoms with E-state index in [-0.39, 0.29) is 35.2 Å². The van der Waals surface area contributed by atoms with E-state index in [1.165, 1.54) is 22.9 Å². The Balaban J connectivity index is 1.61. The molecule has 4 aromatic rings. The van der Waals surface area contributed by atoms with Crippen LogP contribution in [-0.2, 0) is 25.1 Å². The smallest absolute Gasteiger partial charge is 0.375 e. The number of hydrogen-bond acceptors (Lipinski definition) is 5. The van der Waals surface area contributed by atoms with Crippen molar-refractivity contribution < 1.29 is 23.2 Å². The van der Waals surface area contributed by atoms with Gasteiger partial charge in [0.1, 0.15) is 0 Å². The maximum atomic E-state index is 14.5. The zero-order chi connectivity index (χ0) is 24.8. The third-order valence-electron chi connectivity index (χ3n) is 6.52. The van der Waals surface area contributed by atoms with E-state index in [0.717, 1.165) is 22.9 Å². The van der Waals surface area contributed by atoms with Crippen LogP contribution in [-0.4, -0.2) is 49.0 Å². The molecule has 1 aliphatic rings. The molecule has 0 radical (unpaired) electrons. The Morgan fingerprint density at radius 2 is 1.94 bits per heavy atom. The second-order valence-electron chi connectivity index (χ2n) is 8.81. The summed E-state index contributed by atoms with van der Waals surface area (Å²) in [7, 11) is 0. The molecular formula is C24H22F3N5O3. The monoisotopic (exact) mass is 485 g/mol. The number of fused-ring (bicyclic) bond motifs is 2. The number of nitrogens with one attached hydrogen (secondary N) is 1. The molecule has 0 saturated carbocycles. The van der Waals surface area contributed by atoms with Crippen molar-refractivity contribution in [3.63, 3.8) is 0 Å². The van der Waals surface area contributed by atoms with Crippen LogP contribution < -0.4 is 0 Å². The molecule has 5 rings (SSSR count). The zero-order valence-electron chi connectivity index (χ0n) is 18.5. The average molecular weight is 485 g/mol. The number of non-ortho nitro benzene ring substituents is 1. The van der Waals surface area contributed by atoms with Crippen LogP contribution in [0.25, 0.3) is 10.9 Å². The van der Waals surface area contributed by atoms with Crippen LogP contribution in [0.5, 0.6) is 0 Å². The third kappa shape index (κ3) is 4.17. The highest BCUT2D eigenvalue weighted by molar-refractivity contribution is 5.87. The lowest BCUT2D eigenvalue weighted by Crippen LogP contribution is -2.51. The number of nitro benzene ring substituents is 1. The molecule has 2 aromatic carbocycles. The summed E-state index contributed by atoms with van der Waals surface area (Å²) in [4.78, 5) is 12.3. The summed E-state index contributed by atoms with van der Waals surface area (Å²) in [6, 6.07) is 12.7. The van der Waals surface area contributed by atoms with E-state index in [9.17, 15) is 28.4 Å². The van der Waals surface area contributed by atoms with Crippen molar-refractivity contribution in [3.8, 4) is 0 Å². The van der Waals surface area contributed by atoms with Crippen molar-refractivity contribution in [1.82, 2.24) is 19.7 Å². The normalized spacial score (nSPS) is 16.2. The number of aromatic nitrogens is 3. The number of β-amino-alcohol motifs (C(OH)–C–C–N with tert-alkyl or cyclic N) is 1. The Labute approximate surface area is 197 Å². The molecule has 2 N–H and O–H groups in total. The minimum Gasteiger partial charge on any atom is -0.375 e. The second kappa shape index (κ2) is 8.51. The van der Waals surface area contributed by atoms with Gasteiger partial charge in [0.2, 0.25) is 5.60 Å². The summed E-state index contributed by atoms with van der Waals surface area (Å²) in [5, 5.41) is 29.6. The molecule has 2 aromatic heterocycles. The fourth-order valence-electron chi connectivity index (χ4n) is 4.70. The van der Waals surface area contributed by atoms with Gasteiger partial charge in [-0.25, -0.2) is 0 Å². The number of halogens is 3. The number of nitrogens with zero attached hydrogens (tertiary/aromatic N) is 4. The largest absolute Gasteiger partial charge is 0.422 e. The summed E-state index contributed by atoms with van der Waals surface area (Å²) in [5.74, 6) is 0. The number of alkyl halides is 3. The lowest BCUT2D eigenvalue weighted by Gasteiger charge is -2.37. The molecule has 1 unspecified atom stereocenters. The predicted molar refractivity (Wildman–Crippen MR) is 122 cm³/mol. The fourth-order valence-corrected chi connectivity index (χ4v) is 4.70. The van der Waals surface area contributed by atoms with Crippen LogP contribution in [0.3, 0.4) is 0 Å². The van der Waals surface area contributed by atoms with Gasteiger partial charge in [0.15, 0.2) is 0 Å². The summed E-state index contributed by atoms with van der Waals surface area (Å²) < 4.78 is 45.1. The minimum absolute atomic E-state index is 0.118. The van der Waals surface area contributed by atoms with Crippen molar-refractivity contribution in [1.29, 1.82) is 0 Å². The Hall–Kier alpha value is -3.70. The van der Waals surface area contributed by atoms with Gasteiger partial charge < -0.3 is 9.67 Å². The Morgan fingerprint density at radius 1 is 1.17 bits per heavy atom. The van der Waals surface area contributed by atoms with E-state index < -0.39 is 23.2 Å². The Kier molecular flexibility index (Phi) is 5.60. The highest BCUT2D eigenvalue weighted by Crippen LogP contribution is 2.44. The second-order valence-corrected chi connectivity index (χ2v) is 8.81. The van der Waals surface area contributed by atoms with Crippen molar-refractivity contribution in [2.24, 2.45) is 0 Å². The molecule has 1 atom stereocenters. The number of benzene rings is 2. The van der Waals surface area contributed by atoms with E-state index in [1.807, 2.05) is 18.2 Å². The molecule has 0 saturated heterocycles. The van der Waals surface area contributed by atoms with Gasteiger partial charge in [-0.1, -0.05) is 30.3 Å². The summed E-state index contributed by atoms with van der Waals surface area (Å²) >= 11 is 0. The highest BCUT2D eigenvalue weighted by atomic mass is 19.4. The van der Waals surface area contributed by atoms with Crippen molar-refractivity contribution >= 4 is 16.6 Å². The standard InChI is InChI=1S/C24H22F3N5O3/c25-24(26,27)23(33,15-30-9-8-21-17(13-30)11-28-29-21)20-14-31(12-16-4-2-1-3-5-16)22-10-18(32(34)35)6-7-19(20)22/h1-7,10-11,14,33H,8-9,12-13,15H2,(H,28,29). The molecule has 182 valence electrons. The summed E-state index contributed by atoms with van der Waals surface area (Å²) in [6.45, 7) is 0.0527. The van der Waals surface area contributed by atoms with Crippen LogP contribution in [0.2, 0.25) is 0 Å². The van der Waals surface area contributed by atoms with Gasteiger partial charge in [-0.3, -0.25) is 20.1 Å². The van der Waals surface area contributed by atoms with Crippen LogP contribution in [0.4, 0.5) is 18.9 Å². The number of nitro groups is 1. The minimum atomic E-state index is -4.99. The maximum Gasteiger partial charge on any atom is 0.422 e. The molecule has 35 heavy (non-hydrogen) atoms. The number of hydrogen-bond donors (Lipinski definition) is 2. The average Bonchev–Trinajstić information content (AvgIpc) is 3.43. The van der Waals surface area contributed by atoms with E-state index in [4.69, 9.17) is 0 Å². The molecule has 0 amide bonds. The van der Waals surface area contributed by atoms with Crippen molar-refractivity contribution in [3.05, 3.63) is 93.4 Å². The van der Waals surface area contributed by atoms with Gasteiger partial charge in [-0.15, -0.1) is 0 Å². The molecule has 0 bridgehead atoms. The van der Waals surface area contributed by atoms with Crippen LogP contribution in [0.15, 0.2) is 60.9 Å². The quantitative estimate of drug-likeness (QED) is 0.316. The molecule has 8 nitrogen and oxygen atoms in total. The van der Waals surface area contributed by atoms with Gasteiger partial charge in [0.05, 0.1) is 16.6 Å². The SMILES string of the molecule is O=[N+]([O-])c1ccc2c(C(O)(CN3CCc4[nH]ncc4C3)C(F)(F)F)cn(Cc3ccccc3)c2c1. The van der Waals surface area contributed by atoms with Crippen molar-refractivity contribution in [2.75, 3.05) is 13.1 Å². The van der Waals surface area contributed by atoms with E-state index in [2.05, 4.69) is 10.2 Å². The molecule has 11 heteroatoms. The Bertz CT molecular complexity index is 1380. The first-order valence-corrected chi connectivity index (χ1v) is 11.0. The Morgan fingerprint density at radius 3 is 2.66 bits per heavy atom. The third-order valence-corrected chi connectivity index (χ3v) is 6.52. The molecule has 3 heterocycles. The lowest BCUT2D eigenvalue weighted by molar-refractivity contribution is -0.384. The summed E-state index contributed by atoms with van der Waals surface area (Å²) in [5.41, 5.74) is -1.03. The van der Waals surface area contributed by atoms with E-state index >= 15 is 0 Å². The fraction of sp³-hybridized carbons (Fsp3) is 0.292. The molecule has 0 aliphatic carbocycles. The number of H-pyrrole nitrogens is 1. The topological polar surface area (TPSA) is 100 Å².